The van der Waals surface area contributed by atoms with Gasteiger partial charge in [0.25, 0.3) is 0 Å². The fraction of sp³-hybridized carbons (Fsp3) is 0.611. The van der Waals surface area contributed by atoms with Crippen molar-refractivity contribution < 1.29 is 9.53 Å². The molecule has 0 bridgehead atoms. The third-order valence-electron chi connectivity index (χ3n) is 3.29. The largest absolute Gasteiger partial charge is 0.460 e. The molecule has 1 rings (SSSR count). The number of rotatable bonds is 7. The first-order valence-electron chi connectivity index (χ1n) is 7.78. The summed E-state index contributed by atoms with van der Waals surface area (Å²) in [5.74, 6) is -0.256. The Bertz CT molecular complexity index is 423. The molecule has 0 saturated carbocycles. The predicted molar refractivity (Wildman–Crippen MR) is 87.2 cm³/mol. The molecule has 3 nitrogen and oxygen atoms in total. The van der Waals surface area contributed by atoms with Crippen molar-refractivity contribution in [1.82, 2.24) is 5.32 Å². The van der Waals surface area contributed by atoms with Gasteiger partial charge in [0, 0.05) is 12.6 Å². The van der Waals surface area contributed by atoms with E-state index in [0.29, 0.717) is 12.6 Å². The zero-order valence-corrected chi connectivity index (χ0v) is 14.0. The van der Waals surface area contributed by atoms with Gasteiger partial charge in [-0.2, -0.15) is 0 Å². The quantitative estimate of drug-likeness (QED) is 0.780. The molecule has 2 atom stereocenters. The van der Waals surface area contributed by atoms with Gasteiger partial charge in [0.05, 0.1) is 5.92 Å². The Morgan fingerprint density at radius 1 is 1.19 bits per heavy atom. The van der Waals surface area contributed by atoms with Crippen LogP contribution in [0.5, 0.6) is 0 Å². The summed E-state index contributed by atoms with van der Waals surface area (Å²) in [5, 5.41) is 3.42. The molecular formula is C18H29NO2. The SMILES string of the molecule is C[C@H](CN[C@@H](C)CCc1ccccc1)C(=O)OC(C)(C)C. The maximum Gasteiger partial charge on any atom is 0.310 e. The van der Waals surface area contributed by atoms with Crippen molar-refractivity contribution in [2.24, 2.45) is 5.92 Å². The Labute approximate surface area is 129 Å². The number of carbonyl (C=O) groups excluding carboxylic acids is 1. The van der Waals surface area contributed by atoms with Crippen molar-refractivity contribution in [3.05, 3.63) is 35.9 Å². The first-order chi connectivity index (χ1) is 9.78. The fourth-order valence-corrected chi connectivity index (χ4v) is 1.99. The highest BCUT2D eigenvalue weighted by Crippen LogP contribution is 2.11. The van der Waals surface area contributed by atoms with Gasteiger partial charge in [0.1, 0.15) is 5.60 Å². The van der Waals surface area contributed by atoms with E-state index in [9.17, 15) is 4.79 Å². The van der Waals surface area contributed by atoms with Crippen molar-refractivity contribution >= 4 is 5.97 Å². The summed E-state index contributed by atoms with van der Waals surface area (Å²) < 4.78 is 5.38. The summed E-state index contributed by atoms with van der Waals surface area (Å²) in [6.45, 7) is 10.4. The van der Waals surface area contributed by atoms with Crippen LogP contribution in [-0.4, -0.2) is 24.2 Å². The minimum Gasteiger partial charge on any atom is -0.460 e. The van der Waals surface area contributed by atoms with E-state index < -0.39 is 5.60 Å². The highest BCUT2D eigenvalue weighted by molar-refractivity contribution is 5.72. The van der Waals surface area contributed by atoms with Crippen LogP contribution in [0.3, 0.4) is 0 Å². The Kier molecular flexibility index (Phi) is 6.90. The third-order valence-corrected chi connectivity index (χ3v) is 3.29. The van der Waals surface area contributed by atoms with Crippen molar-refractivity contribution in [2.75, 3.05) is 6.54 Å². The van der Waals surface area contributed by atoms with Gasteiger partial charge in [-0.05, 0) is 46.1 Å². The average molecular weight is 291 g/mol. The Balaban J connectivity index is 2.26. The van der Waals surface area contributed by atoms with Crippen LogP contribution in [0.15, 0.2) is 30.3 Å². The van der Waals surface area contributed by atoms with Gasteiger partial charge in [-0.3, -0.25) is 4.79 Å². The van der Waals surface area contributed by atoms with E-state index in [4.69, 9.17) is 4.74 Å². The molecule has 0 heterocycles. The molecule has 0 aliphatic heterocycles. The molecule has 0 aromatic heterocycles. The third kappa shape index (κ3) is 7.86. The van der Waals surface area contributed by atoms with Crippen LogP contribution in [-0.2, 0) is 16.0 Å². The lowest BCUT2D eigenvalue weighted by atomic mass is 10.1. The smallest absolute Gasteiger partial charge is 0.310 e. The molecule has 0 radical (unpaired) electrons. The molecule has 0 spiro atoms. The average Bonchev–Trinajstić information content (AvgIpc) is 2.41. The van der Waals surface area contributed by atoms with Crippen molar-refractivity contribution in [3.8, 4) is 0 Å². The predicted octanol–water partition coefficient (Wildman–Crippen LogP) is 3.58. The lowest BCUT2D eigenvalue weighted by molar-refractivity contribution is -0.159. The maximum atomic E-state index is 11.9. The van der Waals surface area contributed by atoms with E-state index in [1.54, 1.807) is 0 Å². The molecule has 3 heteroatoms. The normalized spacial score (nSPS) is 14.5. The van der Waals surface area contributed by atoms with E-state index in [0.717, 1.165) is 12.8 Å². The summed E-state index contributed by atoms with van der Waals surface area (Å²) in [4.78, 5) is 11.9. The molecule has 1 aromatic rings. The van der Waals surface area contributed by atoms with Gasteiger partial charge in [0.2, 0.25) is 0 Å². The van der Waals surface area contributed by atoms with Crippen LogP contribution < -0.4 is 5.32 Å². The summed E-state index contributed by atoms with van der Waals surface area (Å²) in [5.41, 5.74) is 0.941. The van der Waals surface area contributed by atoms with Crippen LogP contribution in [0.1, 0.15) is 46.6 Å². The minimum atomic E-state index is -0.412. The van der Waals surface area contributed by atoms with Gasteiger partial charge in [-0.1, -0.05) is 37.3 Å². The van der Waals surface area contributed by atoms with E-state index in [2.05, 4.69) is 36.5 Å². The van der Waals surface area contributed by atoms with Crippen molar-refractivity contribution in [3.63, 3.8) is 0 Å². The Hall–Kier alpha value is -1.35. The van der Waals surface area contributed by atoms with Crippen LogP contribution in [0, 0.1) is 5.92 Å². The Morgan fingerprint density at radius 2 is 1.81 bits per heavy atom. The lowest BCUT2D eigenvalue weighted by Gasteiger charge is -2.23. The molecule has 21 heavy (non-hydrogen) atoms. The van der Waals surface area contributed by atoms with Crippen LogP contribution in [0.4, 0.5) is 0 Å². The van der Waals surface area contributed by atoms with Crippen molar-refractivity contribution in [1.29, 1.82) is 0 Å². The zero-order chi connectivity index (χ0) is 15.9. The van der Waals surface area contributed by atoms with Crippen LogP contribution in [0.2, 0.25) is 0 Å². The lowest BCUT2D eigenvalue weighted by Crippen LogP contribution is -2.36. The fourth-order valence-electron chi connectivity index (χ4n) is 1.99. The number of nitrogens with one attached hydrogen (secondary N) is 1. The molecule has 0 unspecified atom stereocenters. The second-order valence-electron chi connectivity index (χ2n) is 6.77. The van der Waals surface area contributed by atoms with E-state index >= 15 is 0 Å². The van der Waals surface area contributed by atoms with Gasteiger partial charge >= 0.3 is 5.97 Å². The number of hydrogen-bond donors (Lipinski definition) is 1. The highest BCUT2D eigenvalue weighted by atomic mass is 16.6. The highest BCUT2D eigenvalue weighted by Gasteiger charge is 2.21. The van der Waals surface area contributed by atoms with E-state index in [-0.39, 0.29) is 11.9 Å². The minimum absolute atomic E-state index is 0.122. The number of benzene rings is 1. The molecule has 0 saturated heterocycles. The second-order valence-corrected chi connectivity index (χ2v) is 6.77. The first kappa shape index (κ1) is 17.7. The zero-order valence-electron chi connectivity index (χ0n) is 14.0. The maximum absolute atomic E-state index is 11.9. The van der Waals surface area contributed by atoms with Gasteiger partial charge in [-0.15, -0.1) is 0 Å². The molecular weight excluding hydrogens is 262 g/mol. The number of esters is 1. The summed E-state index contributed by atoms with van der Waals surface area (Å²) in [6.07, 6.45) is 2.11. The van der Waals surface area contributed by atoms with Crippen molar-refractivity contribution in [2.45, 2.75) is 59.1 Å². The number of ether oxygens (including phenoxy) is 1. The molecule has 0 aliphatic rings. The van der Waals surface area contributed by atoms with E-state index in [1.807, 2.05) is 33.8 Å². The topological polar surface area (TPSA) is 38.3 Å². The van der Waals surface area contributed by atoms with Gasteiger partial charge in [0.15, 0.2) is 0 Å². The van der Waals surface area contributed by atoms with Gasteiger partial charge < -0.3 is 10.1 Å². The second kappa shape index (κ2) is 8.18. The number of aryl methyl sites for hydroxylation is 1. The number of carbonyl (C=O) groups is 1. The van der Waals surface area contributed by atoms with Gasteiger partial charge in [-0.25, -0.2) is 0 Å². The molecule has 1 aromatic carbocycles. The molecule has 118 valence electrons. The van der Waals surface area contributed by atoms with E-state index in [1.165, 1.54) is 5.56 Å². The summed E-state index contributed by atoms with van der Waals surface area (Å²) >= 11 is 0. The molecule has 0 aliphatic carbocycles. The standard InChI is InChI=1S/C18H29NO2/c1-14(17(20)21-18(3,4)5)13-19-15(2)11-12-16-9-7-6-8-10-16/h6-10,14-15,19H,11-13H2,1-5H3/t14-,15+/m1/s1. The number of hydrogen-bond acceptors (Lipinski definition) is 3. The first-order valence-corrected chi connectivity index (χ1v) is 7.78. The Morgan fingerprint density at radius 3 is 2.38 bits per heavy atom. The monoisotopic (exact) mass is 291 g/mol. The molecule has 0 fully saturated rings. The molecule has 1 N–H and O–H groups in total. The van der Waals surface area contributed by atoms with Crippen LogP contribution in [0.25, 0.3) is 0 Å². The summed E-state index contributed by atoms with van der Waals surface area (Å²) in [7, 11) is 0. The summed E-state index contributed by atoms with van der Waals surface area (Å²) in [6, 6.07) is 10.9. The van der Waals surface area contributed by atoms with Crippen LogP contribution >= 0.6 is 0 Å². The molecule has 0 amide bonds.